The Hall–Kier alpha value is -1.02. The maximum Gasteiger partial charge on any atom is 0.115 e. The molecule has 1 aromatic rings. The van der Waals surface area contributed by atoms with Gasteiger partial charge in [-0.1, -0.05) is 19.1 Å². The van der Waals surface area contributed by atoms with Crippen molar-refractivity contribution in [3.8, 4) is 5.75 Å². The number of piperidine rings is 1. The zero-order chi connectivity index (χ0) is 10.7. The molecule has 0 radical (unpaired) electrons. The first-order chi connectivity index (χ1) is 7.24. The second-order valence-corrected chi connectivity index (χ2v) is 4.65. The fourth-order valence-electron chi connectivity index (χ4n) is 2.29. The van der Waals surface area contributed by atoms with Gasteiger partial charge in [0, 0.05) is 13.1 Å². The standard InChI is InChI=1S/C13H19NO/c1-11-3-2-8-14(9-11)10-12-4-6-13(15)7-5-12/h4-7,11,15H,2-3,8-10H2,1H3. The summed E-state index contributed by atoms with van der Waals surface area (Å²) in [5, 5.41) is 9.19. The van der Waals surface area contributed by atoms with Crippen molar-refractivity contribution in [2.75, 3.05) is 13.1 Å². The summed E-state index contributed by atoms with van der Waals surface area (Å²) in [6.07, 6.45) is 2.69. The van der Waals surface area contributed by atoms with Gasteiger partial charge in [-0.2, -0.15) is 0 Å². The second-order valence-electron chi connectivity index (χ2n) is 4.65. The first kappa shape index (κ1) is 10.5. The molecule has 0 saturated carbocycles. The highest BCUT2D eigenvalue weighted by molar-refractivity contribution is 5.25. The van der Waals surface area contributed by atoms with Crippen molar-refractivity contribution in [2.24, 2.45) is 5.92 Å². The van der Waals surface area contributed by atoms with Gasteiger partial charge in [-0.25, -0.2) is 0 Å². The van der Waals surface area contributed by atoms with Crippen molar-refractivity contribution in [2.45, 2.75) is 26.3 Å². The number of rotatable bonds is 2. The molecule has 2 nitrogen and oxygen atoms in total. The first-order valence-corrected chi connectivity index (χ1v) is 5.74. The van der Waals surface area contributed by atoms with Gasteiger partial charge in [0.25, 0.3) is 0 Å². The van der Waals surface area contributed by atoms with Gasteiger partial charge >= 0.3 is 0 Å². The van der Waals surface area contributed by atoms with E-state index in [1.54, 1.807) is 12.1 Å². The molecule has 1 N–H and O–H groups in total. The molecular formula is C13H19NO. The number of benzene rings is 1. The summed E-state index contributed by atoms with van der Waals surface area (Å²) in [7, 11) is 0. The van der Waals surface area contributed by atoms with Crippen LogP contribution >= 0.6 is 0 Å². The molecule has 82 valence electrons. The van der Waals surface area contributed by atoms with E-state index in [0.717, 1.165) is 12.5 Å². The van der Waals surface area contributed by atoms with Crippen LogP contribution in [0.15, 0.2) is 24.3 Å². The van der Waals surface area contributed by atoms with Gasteiger partial charge in [-0.3, -0.25) is 4.90 Å². The van der Waals surface area contributed by atoms with Crippen molar-refractivity contribution >= 4 is 0 Å². The number of hydrogen-bond donors (Lipinski definition) is 1. The van der Waals surface area contributed by atoms with Crippen molar-refractivity contribution in [1.82, 2.24) is 4.90 Å². The lowest BCUT2D eigenvalue weighted by atomic mass is 10.00. The molecule has 1 aliphatic rings. The maximum atomic E-state index is 9.19. The monoisotopic (exact) mass is 205 g/mol. The molecule has 0 spiro atoms. The smallest absolute Gasteiger partial charge is 0.115 e. The summed E-state index contributed by atoms with van der Waals surface area (Å²) in [5.41, 5.74) is 1.29. The van der Waals surface area contributed by atoms with Crippen LogP contribution < -0.4 is 0 Å². The Morgan fingerprint density at radius 3 is 2.73 bits per heavy atom. The van der Waals surface area contributed by atoms with Gasteiger partial charge in [0.1, 0.15) is 5.75 Å². The molecule has 0 bridgehead atoms. The van der Waals surface area contributed by atoms with Crippen LogP contribution in [-0.4, -0.2) is 23.1 Å². The average Bonchev–Trinajstić information content (AvgIpc) is 2.22. The van der Waals surface area contributed by atoms with E-state index in [9.17, 15) is 5.11 Å². The molecule has 0 amide bonds. The largest absolute Gasteiger partial charge is 0.508 e. The summed E-state index contributed by atoms with van der Waals surface area (Å²) < 4.78 is 0. The van der Waals surface area contributed by atoms with Crippen LogP contribution in [0.1, 0.15) is 25.3 Å². The molecule has 0 aliphatic carbocycles. The molecule has 2 heteroatoms. The summed E-state index contributed by atoms with van der Waals surface area (Å²) >= 11 is 0. The van der Waals surface area contributed by atoms with Crippen LogP contribution in [0.3, 0.4) is 0 Å². The first-order valence-electron chi connectivity index (χ1n) is 5.74. The zero-order valence-corrected chi connectivity index (χ0v) is 9.32. The Labute approximate surface area is 91.5 Å². The summed E-state index contributed by atoms with van der Waals surface area (Å²) in [6, 6.07) is 7.55. The molecule has 15 heavy (non-hydrogen) atoms. The highest BCUT2D eigenvalue weighted by atomic mass is 16.3. The van der Waals surface area contributed by atoms with E-state index in [-0.39, 0.29) is 0 Å². The van der Waals surface area contributed by atoms with Crippen LogP contribution in [0.4, 0.5) is 0 Å². The van der Waals surface area contributed by atoms with E-state index in [1.165, 1.54) is 31.5 Å². The third-order valence-electron chi connectivity index (χ3n) is 3.08. The number of phenolic OH excluding ortho intramolecular Hbond substituents is 1. The van der Waals surface area contributed by atoms with Crippen LogP contribution in [0.2, 0.25) is 0 Å². The predicted molar refractivity (Wildman–Crippen MR) is 61.8 cm³/mol. The molecule has 2 rings (SSSR count). The molecule has 1 heterocycles. The summed E-state index contributed by atoms with van der Waals surface area (Å²) in [4.78, 5) is 2.50. The van der Waals surface area contributed by atoms with E-state index < -0.39 is 0 Å². The normalized spacial score (nSPS) is 22.9. The van der Waals surface area contributed by atoms with Crippen molar-refractivity contribution in [3.63, 3.8) is 0 Å². The highest BCUT2D eigenvalue weighted by Crippen LogP contribution is 2.18. The van der Waals surface area contributed by atoms with Gasteiger partial charge in [0.05, 0.1) is 0 Å². The maximum absolute atomic E-state index is 9.19. The van der Waals surface area contributed by atoms with Crippen LogP contribution in [-0.2, 0) is 6.54 Å². The molecular weight excluding hydrogens is 186 g/mol. The SMILES string of the molecule is CC1CCCN(Cc2ccc(O)cc2)C1. The lowest BCUT2D eigenvalue weighted by molar-refractivity contribution is 0.176. The van der Waals surface area contributed by atoms with Crippen molar-refractivity contribution in [1.29, 1.82) is 0 Å². The fourth-order valence-corrected chi connectivity index (χ4v) is 2.29. The van der Waals surface area contributed by atoms with E-state index in [4.69, 9.17) is 0 Å². The Bertz CT molecular complexity index is 307. The lowest BCUT2D eigenvalue weighted by Gasteiger charge is -2.30. The number of aromatic hydroxyl groups is 1. The molecule has 1 atom stereocenters. The Kier molecular flexibility index (Phi) is 3.27. The van der Waals surface area contributed by atoms with Gasteiger partial charge in [-0.15, -0.1) is 0 Å². The number of likely N-dealkylation sites (tertiary alicyclic amines) is 1. The topological polar surface area (TPSA) is 23.5 Å². The molecule has 1 unspecified atom stereocenters. The minimum Gasteiger partial charge on any atom is -0.508 e. The van der Waals surface area contributed by atoms with Gasteiger partial charge in [0.15, 0.2) is 0 Å². The van der Waals surface area contributed by atoms with Gasteiger partial charge in [0.2, 0.25) is 0 Å². The van der Waals surface area contributed by atoms with E-state index >= 15 is 0 Å². The highest BCUT2D eigenvalue weighted by Gasteiger charge is 2.15. The Morgan fingerprint density at radius 2 is 2.07 bits per heavy atom. The predicted octanol–water partition coefficient (Wildman–Crippen LogP) is 2.62. The Morgan fingerprint density at radius 1 is 1.33 bits per heavy atom. The van der Waals surface area contributed by atoms with Crippen LogP contribution in [0.5, 0.6) is 5.75 Å². The summed E-state index contributed by atoms with van der Waals surface area (Å²) in [5.74, 6) is 1.18. The quantitative estimate of drug-likeness (QED) is 0.802. The van der Waals surface area contributed by atoms with Crippen LogP contribution in [0.25, 0.3) is 0 Å². The molecule has 0 aromatic heterocycles. The third-order valence-corrected chi connectivity index (χ3v) is 3.08. The molecule has 1 aromatic carbocycles. The zero-order valence-electron chi connectivity index (χ0n) is 9.32. The van der Waals surface area contributed by atoms with Crippen LogP contribution in [0, 0.1) is 5.92 Å². The number of hydrogen-bond acceptors (Lipinski definition) is 2. The summed E-state index contributed by atoms with van der Waals surface area (Å²) in [6.45, 7) is 5.76. The van der Waals surface area contributed by atoms with E-state index in [1.807, 2.05) is 12.1 Å². The van der Waals surface area contributed by atoms with Gasteiger partial charge in [-0.05, 0) is 43.0 Å². The van der Waals surface area contributed by atoms with E-state index in [2.05, 4.69) is 11.8 Å². The fraction of sp³-hybridized carbons (Fsp3) is 0.538. The second kappa shape index (κ2) is 4.67. The van der Waals surface area contributed by atoms with Crippen molar-refractivity contribution in [3.05, 3.63) is 29.8 Å². The molecule has 1 fully saturated rings. The average molecular weight is 205 g/mol. The van der Waals surface area contributed by atoms with E-state index in [0.29, 0.717) is 5.75 Å². The Balaban J connectivity index is 1.93. The van der Waals surface area contributed by atoms with Gasteiger partial charge < -0.3 is 5.11 Å². The number of nitrogens with zero attached hydrogens (tertiary/aromatic N) is 1. The molecule has 1 saturated heterocycles. The minimum atomic E-state index is 0.353. The molecule has 1 aliphatic heterocycles. The third kappa shape index (κ3) is 2.96. The lowest BCUT2D eigenvalue weighted by Crippen LogP contribution is -2.33. The minimum absolute atomic E-state index is 0.353. The van der Waals surface area contributed by atoms with Crippen molar-refractivity contribution < 1.29 is 5.11 Å². The number of phenols is 1.